The van der Waals surface area contributed by atoms with E-state index in [0.29, 0.717) is 0 Å². The smallest absolute Gasteiger partial charge is 0.124 e. The number of benzene rings is 3. The predicted octanol–water partition coefficient (Wildman–Crippen LogP) is 5.96. The van der Waals surface area contributed by atoms with Crippen molar-refractivity contribution < 1.29 is 4.39 Å². The van der Waals surface area contributed by atoms with E-state index in [2.05, 4.69) is 38.8 Å². The van der Waals surface area contributed by atoms with Gasteiger partial charge in [0.1, 0.15) is 10.8 Å². The second-order valence-electron chi connectivity index (χ2n) is 6.19. The Balaban J connectivity index is 1.51. The summed E-state index contributed by atoms with van der Waals surface area (Å²) in [5.74, 6) is -0.235. The van der Waals surface area contributed by atoms with Crippen LogP contribution in [0.3, 0.4) is 0 Å². The number of hydrogen-bond donors (Lipinski definition) is 0. The molecule has 0 radical (unpaired) electrons. The zero-order valence-corrected chi connectivity index (χ0v) is 15.0. The minimum absolute atomic E-state index is 0.235. The van der Waals surface area contributed by atoms with Crippen molar-refractivity contribution in [1.29, 1.82) is 0 Å². The average molecular weight is 371 g/mol. The molecular weight excluding hydrogens is 357 g/mol. The van der Waals surface area contributed by atoms with Crippen LogP contribution in [0.15, 0.2) is 85.3 Å². The lowest BCUT2D eigenvalue weighted by molar-refractivity contribution is 0.630. The number of fused-ring (bicyclic) bond motifs is 1. The van der Waals surface area contributed by atoms with Gasteiger partial charge >= 0.3 is 0 Å². The minimum atomic E-state index is -0.235. The third-order valence-electron chi connectivity index (χ3n) is 4.45. The van der Waals surface area contributed by atoms with Gasteiger partial charge in [0.2, 0.25) is 0 Å². The normalized spacial score (nSPS) is 11.1. The Morgan fingerprint density at radius 2 is 1.67 bits per heavy atom. The quantitative estimate of drug-likeness (QED) is 0.392. The van der Waals surface area contributed by atoms with E-state index in [9.17, 15) is 4.39 Å². The second kappa shape index (κ2) is 6.45. The standard InChI is InChI=1S/C22H14FN3S/c23-17-8-11-19-21(12-17)27-22(25-19)16-6-9-18(10-7-16)26-14-24-13-20(26)15-4-2-1-3-5-15/h1-14H. The molecule has 5 heteroatoms. The first-order valence-electron chi connectivity index (χ1n) is 8.53. The van der Waals surface area contributed by atoms with E-state index in [1.165, 1.54) is 23.5 Å². The number of hydrogen-bond acceptors (Lipinski definition) is 3. The topological polar surface area (TPSA) is 30.7 Å². The summed E-state index contributed by atoms with van der Waals surface area (Å²) in [5.41, 5.74) is 5.02. The van der Waals surface area contributed by atoms with Crippen molar-refractivity contribution in [1.82, 2.24) is 14.5 Å². The fraction of sp³-hybridized carbons (Fsp3) is 0. The summed E-state index contributed by atoms with van der Waals surface area (Å²) in [6.07, 6.45) is 3.68. The number of aromatic nitrogens is 3. The SMILES string of the molecule is Fc1ccc2nc(-c3ccc(-n4cncc4-c4ccccc4)cc3)sc2c1. The van der Waals surface area contributed by atoms with E-state index < -0.39 is 0 Å². The summed E-state index contributed by atoms with van der Waals surface area (Å²) in [5, 5.41) is 0.885. The first-order valence-corrected chi connectivity index (χ1v) is 9.34. The fourth-order valence-electron chi connectivity index (χ4n) is 3.11. The summed E-state index contributed by atoms with van der Waals surface area (Å²) >= 11 is 1.50. The Morgan fingerprint density at radius 1 is 0.852 bits per heavy atom. The Hall–Kier alpha value is -3.31. The largest absolute Gasteiger partial charge is 0.299 e. The predicted molar refractivity (Wildman–Crippen MR) is 108 cm³/mol. The minimum Gasteiger partial charge on any atom is -0.299 e. The fourth-order valence-corrected chi connectivity index (χ4v) is 4.11. The number of thiazole rings is 1. The Kier molecular flexibility index (Phi) is 3.80. The van der Waals surface area contributed by atoms with Crippen LogP contribution < -0.4 is 0 Å². The molecule has 0 atom stereocenters. The highest BCUT2D eigenvalue weighted by Crippen LogP contribution is 2.31. The van der Waals surface area contributed by atoms with Crippen molar-refractivity contribution in [3.8, 4) is 27.5 Å². The van der Waals surface area contributed by atoms with Gasteiger partial charge in [0.25, 0.3) is 0 Å². The number of rotatable bonds is 3. The number of halogens is 1. The molecule has 0 aliphatic carbocycles. The summed E-state index contributed by atoms with van der Waals surface area (Å²) in [6, 6.07) is 23.1. The van der Waals surface area contributed by atoms with E-state index in [4.69, 9.17) is 0 Å². The zero-order valence-electron chi connectivity index (χ0n) is 14.2. The lowest BCUT2D eigenvalue weighted by Crippen LogP contribution is -1.94. The molecule has 0 aliphatic rings. The zero-order chi connectivity index (χ0) is 18.2. The molecule has 0 spiro atoms. The maximum Gasteiger partial charge on any atom is 0.124 e. The molecule has 5 aromatic rings. The van der Waals surface area contributed by atoms with E-state index in [-0.39, 0.29) is 5.82 Å². The van der Waals surface area contributed by atoms with Gasteiger partial charge in [-0.2, -0.15) is 0 Å². The molecule has 0 aliphatic heterocycles. The molecule has 0 saturated heterocycles. The van der Waals surface area contributed by atoms with Crippen LogP contribution >= 0.6 is 11.3 Å². The van der Waals surface area contributed by atoms with E-state index in [1.807, 2.05) is 42.9 Å². The van der Waals surface area contributed by atoms with Gasteiger partial charge in [-0.05, 0) is 42.5 Å². The van der Waals surface area contributed by atoms with Crippen LogP contribution in [0.2, 0.25) is 0 Å². The van der Waals surface area contributed by atoms with Gasteiger partial charge in [0.15, 0.2) is 0 Å². The van der Waals surface area contributed by atoms with Gasteiger partial charge in [-0.15, -0.1) is 11.3 Å². The molecule has 3 aromatic carbocycles. The molecule has 5 rings (SSSR count). The van der Waals surface area contributed by atoms with Crippen LogP contribution in [0.1, 0.15) is 0 Å². The van der Waals surface area contributed by atoms with Crippen LogP contribution in [0, 0.1) is 5.82 Å². The highest BCUT2D eigenvalue weighted by Gasteiger charge is 2.09. The first-order chi connectivity index (χ1) is 13.3. The molecule has 2 aromatic heterocycles. The average Bonchev–Trinajstić information content (AvgIpc) is 3.35. The lowest BCUT2D eigenvalue weighted by atomic mass is 10.1. The first kappa shape index (κ1) is 15.9. The third kappa shape index (κ3) is 2.92. The highest BCUT2D eigenvalue weighted by molar-refractivity contribution is 7.21. The Labute approximate surface area is 159 Å². The van der Waals surface area contributed by atoms with Gasteiger partial charge in [-0.3, -0.25) is 4.57 Å². The van der Waals surface area contributed by atoms with Crippen molar-refractivity contribution in [3.05, 3.63) is 91.1 Å². The van der Waals surface area contributed by atoms with E-state index in [0.717, 1.165) is 37.7 Å². The van der Waals surface area contributed by atoms with Crippen LogP contribution in [0.5, 0.6) is 0 Å². The molecule has 0 saturated carbocycles. The van der Waals surface area contributed by atoms with E-state index in [1.54, 1.807) is 6.07 Å². The van der Waals surface area contributed by atoms with Crippen LogP contribution in [0.25, 0.3) is 37.7 Å². The van der Waals surface area contributed by atoms with Crippen molar-refractivity contribution >= 4 is 21.6 Å². The molecular formula is C22H14FN3S. The third-order valence-corrected chi connectivity index (χ3v) is 5.52. The second-order valence-corrected chi connectivity index (χ2v) is 7.22. The van der Waals surface area contributed by atoms with Gasteiger partial charge in [0, 0.05) is 16.8 Å². The summed E-state index contributed by atoms with van der Waals surface area (Å²) < 4.78 is 16.3. The van der Waals surface area contributed by atoms with Gasteiger partial charge in [-0.1, -0.05) is 30.3 Å². The molecule has 0 bridgehead atoms. The molecule has 0 fully saturated rings. The van der Waals surface area contributed by atoms with Crippen molar-refractivity contribution in [2.75, 3.05) is 0 Å². The summed E-state index contributed by atoms with van der Waals surface area (Å²) in [4.78, 5) is 8.92. The van der Waals surface area contributed by atoms with Gasteiger partial charge in [0.05, 0.1) is 28.4 Å². The molecule has 3 nitrogen and oxygen atoms in total. The maximum atomic E-state index is 13.4. The summed E-state index contributed by atoms with van der Waals surface area (Å²) in [6.45, 7) is 0. The Morgan fingerprint density at radius 3 is 2.48 bits per heavy atom. The van der Waals surface area contributed by atoms with Crippen LogP contribution in [0.4, 0.5) is 4.39 Å². The van der Waals surface area contributed by atoms with Crippen LogP contribution in [-0.2, 0) is 0 Å². The maximum absolute atomic E-state index is 13.4. The Bertz CT molecular complexity index is 1220. The van der Waals surface area contributed by atoms with Crippen molar-refractivity contribution in [2.45, 2.75) is 0 Å². The van der Waals surface area contributed by atoms with Crippen LogP contribution in [-0.4, -0.2) is 14.5 Å². The van der Waals surface area contributed by atoms with Gasteiger partial charge < -0.3 is 0 Å². The molecule has 0 amide bonds. The molecule has 2 heterocycles. The molecule has 130 valence electrons. The summed E-state index contributed by atoms with van der Waals surface area (Å²) in [7, 11) is 0. The monoisotopic (exact) mass is 371 g/mol. The lowest BCUT2D eigenvalue weighted by Gasteiger charge is -2.09. The molecule has 0 unspecified atom stereocenters. The van der Waals surface area contributed by atoms with Crippen molar-refractivity contribution in [3.63, 3.8) is 0 Å². The van der Waals surface area contributed by atoms with Crippen molar-refractivity contribution in [2.24, 2.45) is 0 Å². The highest BCUT2D eigenvalue weighted by atomic mass is 32.1. The molecule has 27 heavy (non-hydrogen) atoms. The number of nitrogens with zero attached hydrogens (tertiary/aromatic N) is 3. The van der Waals surface area contributed by atoms with E-state index >= 15 is 0 Å². The molecule has 0 N–H and O–H groups in total. The number of imidazole rings is 1. The van der Waals surface area contributed by atoms with Gasteiger partial charge in [-0.25, -0.2) is 14.4 Å².